The van der Waals surface area contributed by atoms with E-state index >= 15 is 0 Å². The molecule has 0 saturated carbocycles. The number of anilines is 1. The molecule has 114 valence electrons. The van der Waals surface area contributed by atoms with Gasteiger partial charge in [-0.25, -0.2) is 0 Å². The highest BCUT2D eigenvalue weighted by atomic mass is 32.1. The number of aryl methyl sites for hydroxylation is 1. The van der Waals surface area contributed by atoms with Crippen LogP contribution in [-0.2, 0) is 17.4 Å². The van der Waals surface area contributed by atoms with E-state index < -0.39 is 0 Å². The van der Waals surface area contributed by atoms with Crippen molar-refractivity contribution >= 4 is 27.2 Å². The molecule has 4 heterocycles. The number of hydrogen-bond donors (Lipinski definition) is 0. The van der Waals surface area contributed by atoms with Crippen molar-refractivity contribution in [3.63, 3.8) is 0 Å². The zero-order valence-electron chi connectivity index (χ0n) is 12.7. The second kappa shape index (κ2) is 5.07. The topological polar surface area (TPSA) is 43.2 Å². The van der Waals surface area contributed by atoms with Crippen molar-refractivity contribution in [3.05, 3.63) is 41.7 Å². The standard InChI is InChI=1S/C16H18N4OS/c1-16(12-9-18-19(2)10-12)11-20(6-7-21-16)14-3-5-17-13-4-8-22-15(13)14/h3-5,8-10H,6-7,11H2,1-2H3/t16-/m1/s1. The molecule has 5 nitrogen and oxygen atoms in total. The van der Waals surface area contributed by atoms with Crippen LogP contribution in [0.25, 0.3) is 10.2 Å². The van der Waals surface area contributed by atoms with E-state index in [-0.39, 0.29) is 5.60 Å². The second-order valence-corrected chi connectivity index (χ2v) is 6.78. The van der Waals surface area contributed by atoms with Crippen LogP contribution in [0, 0.1) is 0 Å². The molecule has 0 aromatic carbocycles. The van der Waals surface area contributed by atoms with Gasteiger partial charge in [-0.05, 0) is 24.4 Å². The van der Waals surface area contributed by atoms with Gasteiger partial charge in [0.25, 0.3) is 0 Å². The Bertz CT molecular complexity index is 811. The molecule has 0 unspecified atom stereocenters. The summed E-state index contributed by atoms with van der Waals surface area (Å²) >= 11 is 1.75. The Kier molecular flexibility index (Phi) is 3.16. The number of thiophene rings is 1. The van der Waals surface area contributed by atoms with Gasteiger partial charge in [0.2, 0.25) is 0 Å². The number of pyridine rings is 1. The highest BCUT2D eigenvalue weighted by molar-refractivity contribution is 7.17. The van der Waals surface area contributed by atoms with E-state index in [0.29, 0.717) is 6.61 Å². The van der Waals surface area contributed by atoms with Gasteiger partial charge in [-0.15, -0.1) is 11.3 Å². The van der Waals surface area contributed by atoms with Crippen molar-refractivity contribution in [2.75, 3.05) is 24.6 Å². The number of fused-ring (bicyclic) bond motifs is 1. The van der Waals surface area contributed by atoms with E-state index in [1.807, 2.05) is 30.3 Å². The molecule has 1 fully saturated rings. The van der Waals surface area contributed by atoms with Crippen LogP contribution in [0.5, 0.6) is 0 Å². The van der Waals surface area contributed by atoms with E-state index in [2.05, 4.69) is 39.4 Å². The Morgan fingerprint density at radius 2 is 2.27 bits per heavy atom. The van der Waals surface area contributed by atoms with Gasteiger partial charge in [-0.2, -0.15) is 5.10 Å². The number of hydrogen-bond acceptors (Lipinski definition) is 5. The van der Waals surface area contributed by atoms with Crippen LogP contribution < -0.4 is 4.90 Å². The number of nitrogens with zero attached hydrogens (tertiary/aromatic N) is 4. The largest absolute Gasteiger partial charge is 0.367 e. The lowest BCUT2D eigenvalue weighted by Crippen LogP contribution is -2.48. The lowest BCUT2D eigenvalue weighted by atomic mass is 9.96. The molecule has 6 heteroatoms. The third kappa shape index (κ3) is 2.19. The molecule has 22 heavy (non-hydrogen) atoms. The van der Waals surface area contributed by atoms with Gasteiger partial charge in [0.1, 0.15) is 5.60 Å². The summed E-state index contributed by atoms with van der Waals surface area (Å²) in [4.78, 5) is 6.83. The van der Waals surface area contributed by atoms with Gasteiger partial charge in [0, 0.05) is 31.5 Å². The molecule has 1 aliphatic rings. The first-order valence-electron chi connectivity index (χ1n) is 7.36. The van der Waals surface area contributed by atoms with E-state index in [4.69, 9.17) is 4.74 Å². The van der Waals surface area contributed by atoms with Gasteiger partial charge in [-0.3, -0.25) is 9.67 Å². The quantitative estimate of drug-likeness (QED) is 0.729. The molecule has 0 amide bonds. The third-order valence-electron chi connectivity index (χ3n) is 4.25. The summed E-state index contributed by atoms with van der Waals surface area (Å²) in [5.41, 5.74) is 3.10. The lowest BCUT2D eigenvalue weighted by Gasteiger charge is -2.41. The third-order valence-corrected chi connectivity index (χ3v) is 5.18. The maximum Gasteiger partial charge on any atom is 0.111 e. The number of ether oxygens (including phenoxy) is 1. The maximum absolute atomic E-state index is 6.10. The lowest BCUT2D eigenvalue weighted by molar-refractivity contribution is -0.0465. The summed E-state index contributed by atoms with van der Waals surface area (Å²) in [6.07, 6.45) is 5.83. The minimum Gasteiger partial charge on any atom is -0.367 e. The van der Waals surface area contributed by atoms with E-state index in [0.717, 1.165) is 24.2 Å². The van der Waals surface area contributed by atoms with Crippen LogP contribution in [0.4, 0.5) is 5.69 Å². The molecule has 0 aliphatic carbocycles. The zero-order chi connectivity index (χ0) is 15.2. The number of aromatic nitrogens is 3. The van der Waals surface area contributed by atoms with Crippen molar-refractivity contribution in [1.29, 1.82) is 0 Å². The Morgan fingerprint density at radius 1 is 1.36 bits per heavy atom. The Balaban J connectivity index is 1.70. The minimum absolute atomic E-state index is 0.334. The predicted molar refractivity (Wildman–Crippen MR) is 88.3 cm³/mol. The van der Waals surface area contributed by atoms with Crippen LogP contribution >= 0.6 is 11.3 Å². The average molecular weight is 314 g/mol. The van der Waals surface area contributed by atoms with E-state index in [1.165, 1.54) is 10.4 Å². The van der Waals surface area contributed by atoms with Crippen molar-refractivity contribution in [2.45, 2.75) is 12.5 Å². The zero-order valence-corrected chi connectivity index (χ0v) is 13.5. The molecule has 1 saturated heterocycles. The Labute approximate surface area is 133 Å². The summed E-state index contributed by atoms with van der Waals surface area (Å²) in [5, 5.41) is 6.39. The maximum atomic E-state index is 6.10. The molecular formula is C16H18N4OS. The predicted octanol–water partition coefficient (Wildman–Crippen LogP) is 2.78. The van der Waals surface area contributed by atoms with Crippen LogP contribution in [0.1, 0.15) is 12.5 Å². The van der Waals surface area contributed by atoms with Crippen LogP contribution in [0.15, 0.2) is 36.1 Å². The molecule has 0 spiro atoms. The fraction of sp³-hybridized carbons (Fsp3) is 0.375. The molecule has 1 aliphatic heterocycles. The molecule has 4 rings (SSSR count). The highest BCUT2D eigenvalue weighted by Crippen LogP contribution is 2.35. The fourth-order valence-electron chi connectivity index (χ4n) is 3.05. The number of morpholine rings is 1. The van der Waals surface area contributed by atoms with Crippen molar-refractivity contribution in [1.82, 2.24) is 14.8 Å². The van der Waals surface area contributed by atoms with E-state index in [1.54, 1.807) is 11.3 Å². The van der Waals surface area contributed by atoms with Crippen LogP contribution in [-0.4, -0.2) is 34.5 Å². The smallest absolute Gasteiger partial charge is 0.111 e. The van der Waals surface area contributed by atoms with Crippen LogP contribution in [0.2, 0.25) is 0 Å². The molecule has 3 aromatic heterocycles. The van der Waals surface area contributed by atoms with Gasteiger partial charge < -0.3 is 9.64 Å². The normalized spacial score (nSPS) is 22.4. The Morgan fingerprint density at radius 3 is 3.09 bits per heavy atom. The summed E-state index contributed by atoms with van der Waals surface area (Å²) in [6, 6.07) is 4.18. The molecular weight excluding hydrogens is 296 g/mol. The second-order valence-electron chi connectivity index (χ2n) is 5.87. The van der Waals surface area contributed by atoms with Crippen molar-refractivity contribution in [3.8, 4) is 0 Å². The van der Waals surface area contributed by atoms with Crippen molar-refractivity contribution in [2.24, 2.45) is 7.05 Å². The molecule has 0 N–H and O–H groups in total. The first-order chi connectivity index (χ1) is 10.7. The molecule has 1 atom stereocenters. The fourth-order valence-corrected chi connectivity index (χ4v) is 3.95. The summed E-state index contributed by atoms with van der Waals surface area (Å²) in [5.74, 6) is 0. The highest BCUT2D eigenvalue weighted by Gasteiger charge is 2.35. The average Bonchev–Trinajstić information content (AvgIpc) is 3.15. The number of rotatable bonds is 2. The first kappa shape index (κ1) is 13.7. The molecule has 0 bridgehead atoms. The first-order valence-corrected chi connectivity index (χ1v) is 8.24. The van der Waals surface area contributed by atoms with Gasteiger partial charge >= 0.3 is 0 Å². The Hall–Kier alpha value is -1.92. The summed E-state index contributed by atoms with van der Waals surface area (Å²) in [6.45, 7) is 4.56. The minimum atomic E-state index is -0.334. The SMILES string of the molecule is Cn1cc([C@@]2(C)CN(c3ccnc4ccsc34)CCO2)cn1. The summed E-state index contributed by atoms with van der Waals surface area (Å²) in [7, 11) is 1.94. The van der Waals surface area contributed by atoms with Gasteiger partial charge in [-0.1, -0.05) is 0 Å². The summed E-state index contributed by atoms with van der Waals surface area (Å²) < 4.78 is 9.18. The molecule has 0 radical (unpaired) electrons. The van der Waals surface area contributed by atoms with Crippen LogP contribution in [0.3, 0.4) is 0 Å². The van der Waals surface area contributed by atoms with Gasteiger partial charge in [0.05, 0.1) is 35.3 Å². The monoisotopic (exact) mass is 314 g/mol. The molecule has 3 aromatic rings. The van der Waals surface area contributed by atoms with Crippen molar-refractivity contribution < 1.29 is 4.74 Å². The van der Waals surface area contributed by atoms with Gasteiger partial charge in [0.15, 0.2) is 0 Å². The van der Waals surface area contributed by atoms with E-state index in [9.17, 15) is 0 Å².